The Morgan fingerprint density at radius 2 is 2.13 bits per heavy atom. The molecule has 88 valence electrons. The third-order valence-electron chi connectivity index (χ3n) is 3.39. The van der Waals surface area contributed by atoms with E-state index in [1.54, 1.807) is 0 Å². The monoisotopic (exact) mass is 210 g/mol. The molecule has 0 bridgehead atoms. The fourth-order valence-electron chi connectivity index (χ4n) is 2.05. The summed E-state index contributed by atoms with van der Waals surface area (Å²) in [4.78, 5) is 2.53. The third kappa shape index (κ3) is 3.62. The molecule has 0 spiro atoms. The summed E-state index contributed by atoms with van der Waals surface area (Å²) in [5.41, 5.74) is 0.337. The first-order valence-electron chi connectivity index (χ1n) is 6.05. The second kappa shape index (κ2) is 5.13. The van der Waals surface area contributed by atoms with Crippen molar-refractivity contribution in [2.24, 2.45) is 5.41 Å². The number of nitrogens with zero attached hydrogens (tertiary/aromatic N) is 1. The topological polar surface area (TPSA) is 15.3 Å². The molecule has 1 saturated heterocycles. The van der Waals surface area contributed by atoms with Crippen LogP contribution in [0.2, 0.25) is 0 Å². The van der Waals surface area contributed by atoms with Crippen molar-refractivity contribution in [1.82, 2.24) is 10.2 Å². The highest BCUT2D eigenvalue weighted by molar-refractivity contribution is 4.91. The fraction of sp³-hybridized carbons (Fsp3) is 0.846. The van der Waals surface area contributed by atoms with Gasteiger partial charge >= 0.3 is 0 Å². The van der Waals surface area contributed by atoms with E-state index >= 15 is 0 Å². The van der Waals surface area contributed by atoms with Crippen LogP contribution in [0.15, 0.2) is 12.7 Å². The minimum Gasteiger partial charge on any atom is -0.312 e. The molecule has 1 aliphatic heterocycles. The zero-order chi connectivity index (χ0) is 11.5. The van der Waals surface area contributed by atoms with Gasteiger partial charge in [0.25, 0.3) is 0 Å². The van der Waals surface area contributed by atoms with Gasteiger partial charge in [-0.05, 0) is 31.8 Å². The highest BCUT2D eigenvalue weighted by Crippen LogP contribution is 2.22. The molecule has 15 heavy (non-hydrogen) atoms. The normalized spacial score (nSPS) is 27.1. The lowest BCUT2D eigenvalue weighted by molar-refractivity contribution is 0.180. The Morgan fingerprint density at radius 3 is 2.67 bits per heavy atom. The number of hydrogen-bond acceptors (Lipinski definition) is 2. The smallest absolute Gasteiger partial charge is 0.0247 e. The molecule has 0 saturated carbocycles. The maximum Gasteiger partial charge on any atom is 0.0247 e. The highest BCUT2D eigenvalue weighted by atomic mass is 15.2. The van der Waals surface area contributed by atoms with Crippen LogP contribution >= 0.6 is 0 Å². The predicted molar refractivity (Wildman–Crippen MR) is 67.1 cm³/mol. The Morgan fingerprint density at radius 1 is 1.47 bits per heavy atom. The zero-order valence-corrected chi connectivity index (χ0v) is 10.7. The zero-order valence-electron chi connectivity index (χ0n) is 10.7. The summed E-state index contributed by atoms with van der Waals surface area (Å²) in [5, 5.41) is 3.65. The van der Waals surface area contributed by atoms with E-state index in [1.165, 1.54) is 13.0 Å². The Labute approximate surface area is 94.7 Å². The summed E-state index contributed by atoms with van der Waals surface area (Å²) in [6.07, 6.45) is 3.29. The molecule has 1 rings (SSSR count). The largest absolute Gasteiger partial charge is 0.312 e. The standard InChI is InChI=1S/C13H26N2/c1-6-11(2)15-9-7-8-14-12(10-15)13(3,4)5/h6,11-12,14H,1,7-10H2,2-5H3. The average molecular weight is 210 g/mol. The fourth-order valence-corrected chi connectivity index (χ4v) is 2.05. The van der Waals surface area contributed by atoms with Crippen LogP contribution in [0.1, 0.15) is 34.1 Å². The molecule has 1 heterocycles. The molecule has 0 aliphatic carbocycles. The van der Waals surface area contributed by atoms with Crippen LogP contribution in [0.4, 0.5) is 0 Å². The maximum absolute atomic E-state index is 3.89. The van der Waals surface area contributed by atoms with Crippen molar-refractivity contribution >= 4 is 0 Å². The Hall–Kier alpha value is -0.340. The third-order valence-corrected chi connectivity index (χ3v) is 3.39. The molecule has 0 aromatic rings. The maximum atomic E-state index is 3.89. The van der Waals surface area contributed by atoms with Crippen LogP contribution in [-0.4, -0.2) is 36.6 Å². The van der Waals surface area contributed by atoms with Crippen LogP contribution in [-0.2, 0) is 0 Å². The van der Waals surface area contributed by atoms with Crippen LogP contribution in [0, 0.1) is 5.41 Å². The first-order chi connectivity index (χ1) is 6.95. The van der Waals surface area contributed by atoms with Crippen molar-refractivity contribution in [3.8, 4) is 0 Å². The molecule has 2 heteroatoms. The van der Waals surface area contributed by atoms with Gasteiger partial charge in [0.15, 0.2) is 0 Å². The second-order valence-electron chi connectivity index (χ2n) is 5.70. The van der Waals surface area contributed by atoms with Gasteiger partial charge in [0, 0.05) is 18.6 Å². The molecule has 2 unspecified atom stereocenters. The van der Waals surface area contributed by atoms with E-state index in [0.717, 1.165) is 13.1 Å². The van der Waals surface area contributed by atoms with E-state index < -0.39 is 0 Å². The van der Waals surface area contributed by atoms with Crippen molar-refractivity contribution in [1.29, 1.82) is 0 Å². The Kier molecular flexibility index (Phi) is 4.35. The van der Waals surface area contributed by atoms with Gasteiger partial charge in [-0.2, -0.15) is 0 Å². The molecule has 1 fully saturated rings. The van der Waals surface area contributed by atoms with Crippen LogP contribution in [0.3, 0.4) is 0 Å². The van der Waals surface area contributed by atoms with E-state index in [1.807, 2.05) is 6.08 Å². The molecule has 1 N–H and O–H groups in total. The van der Waals surface area contributed by atoms with Crippen molar-refractivity contribution < 1.29 is 0 Å². The van der Waals surface area contributed by atoms with Crippen LogP contribution < -0.4 is 5.32 Å². The lowest BCUT2D eigenvalue weighted by Gasteiger charge is -2.35. The average Bonchev–Trinajstić information content (AvgIpc) is 2.40. The molecular weight excluding hydrogens is 184 g/mol. The highest BCUT2D eigenvalue weighted by Gasteiger charge is 2.28. The van der Waals surface area contributed by atoms with E-state index in [9.17, 15) is 0 Å². The van der Waals surface area contributed by atoms with Crippen molar-refractivity contribution in [3.63, 3.8) is 0 Å². The molecule has 0 amide bonds. The SMILES string of the molecule is C=CC(C)N1CCCNC(C(C)(C)C)C1. The first kappa shape index (κ1) is 12.7. The Bertz CT molecular complexity index is 205. The number of rotatable bonds is 2. The van der Waals surface area contributed by atoms with Gasteiger partial charge in [0.1, 0.15) is 0 Å². The molecule has 2 atom stereocenters. The quantitative estimate of drug-likeness (QED) is 0.703. The summed E-state index contributed by atoms with van der Waals surface area (Å²) in [6.45, 7) is 16.5. The summed E-state index contributed by atoms with van der Waals surface area (Å²) in [5.74, 6) is 0. The lowest BCUT2D eigenvalue weighted by atomic mass is 9.86. The lowest BCUT2D eigenvalue weighted by Crippen LogP contribution is -2.47. The van der Waals surface area contributed by atoms with E-state index in [4.69, 9.17) is 0 Å². The summed E-state index contributed by atoms with van der Waals surface area (Å²) >= 11 is 0. The first-order valence-corrected chi connectivity index (χ1v) is 6.05. The molecule has 0 radical (unpaired) electrons. The van der Waals surface area contributed by atoms with E-state index in [2.05, 4.69) is 44.5 Å². The minimum atomic E-state index is 0.337. The summed E-state index contributed by atoms with van der Waals surface area (Å²) in [7, 11) is 0. The van der Waals surface area contributed by atoms with Gasteiger partial charge in [-0.3, -0.25) is 4.90 Å². The number of hydrogen-bond donors (Lipinski definition) is 1. The van der Waals surface area contributed by atoms with Gasteiger partial charge < -0.3 is 5.32 Å². The molecule has 0 aromatic heterocycles. The molecule has 0 aromatic carbocycles. The van der Waals surface area contributed by atoms with E-state index in [0.29, 0.717) is 17.5 Å². The number of nitrogens with one attached hydrogen (secondary N) is 1. The predicted octanol–water partition coefficient (Wildman–Crippen LogP) is 2.27. The van der Waals surface area contributed by atoms with Gasteiger partial charge in [-0.25, -0.2) is 0 Å². The molecular formula is C13H26N2. The van der Waals surface area contributed by atoms with Gasteiger partial charge in [-0.15, -0.1) is 6.58 Å². The molecule has 2 nitrogen and oxygen atoms in total. The summed E-state index contributed by atoms with van der Waals surface area (Å²) < 4.78 is 0. The van der Waals surface area contributed by atoms with Gasteiger partial charge in [0.2, 0.25) is 0 Å². The van der Waals surface area contributed by atoms with Crippen molar-refractivity contribution in [2.45, 2.75) is 46.2 Å². The van der Waals surface area contributed by atoms with Gasteiger partial charge in [-0.1, -0.05) is 26.8 Å². The van der Waals surface area contributed by atoms with Crippen molar-refractivity contribution in [2.75, 3.05) is 19.6 Å². The summed E-state index contributed by atoms with van der Waals surface area (Å²) in [6, 6.07) is 1.08. The second-order valence-corrected chi connectivity index (χ2v) is 5.70. The Balaban J connectivity index is 2.65. The van der Waals surface area contributed by atoms with E-state index in [-0.39, 0.29) is 0 Å². The van der Waals surface area contributed by atoms with Crippen LogP contribution in [0.25, 0.3) is 0 Å². The van der Waals surface area contributed by atoms with Crippen molar-refractivity contribution in [3.05, 3.63) is 12.7 Å². The van der Waals surface area contributed by atoms with Crippen LogP contribution in [0.5, 0.6) is 0 Å². The van der Waals surface area contributed by atoms with Gasteiger partial charge in [0.05, 0.1) is 0 Å². The minimum absolute atomic E-state index is 0.337. The molecule has 1 aliphatic rings.